The van der Waals surface area contributed by atoms with Gasteiger partial charge in [-0.15, -0.1) is 0 Å². The number of carbonyl (C=O) groups is 3. The van der Waals surface area contributed by atoms with Crippen molar-refractivity contribution in [2.45, 2.75) is 70.5 Å². The Morgan fingerprint density at radius 1 is 1.09 bits per heavy atom. The highest BCUT2D eigenvalue weighted by molar-refractivity contribution is 6.23. The number of rotatable bonds is 4. The molecule has 2 aromatic rings. The first-order chi connectivity index (χ1) is 16.6. The van der Waals surface area contributed by atoms with Crippen molar-refractivity contribution in [2.24, 2.45) is 0 Å². The van der Waals surface area contributed by atoms with Crippen molar-refractivity contribution in [2.75, 3.05) is 22.9 Å². The van der Waals surface area contributed by atoms with Crippen LogP contribution < -0.4 is 15.1 Å². The molecule has 35 heavy (non-hydrogen) atoms. The lowest BCUT2D eigenvalue weighted by atomic mass is 9.87. The summed E-state index contributed by atoms with van der Waals surface area (Å²) in [7, 11) is 0. The Morgan fingerprint density at radius 3 is 2.51 bits per heavy atom. The second kappa shape index (κ2) is 8.45. The van der Waals surface area contributed by atoms with Gasteiger partial charge in [0.25, 0.3) is 5.91 Å². The summed E-state index contributed by atoms with van der Waals surface area (Å²) in [6.07, 6.45) is 6.30. The van der Waals surface area contributed by atoms with Gasteiger partial charge in [0.15, 0.2) is 0 Å². The van der Waals surface area contributed by atoms with E-state index in [0.29, 0.717) is 18.8 Å². The fraction of sp³-hybridized carbons (Fsp3) is 0.481. The molecule has 0 aliphatic carbocycles. The van der Waals surface area contributed by atoms with E-state index in [-0.39, 0.29) is 29.3 Å². The first kappa shape index (κ1) is 23.5. The molecule has 184 valence electrons. The molecule has 4 amide bonds. The number of imide groups is 1. The van der Waals surface area contributed by atoms with Crippen LogP contribution in [0.25, 0.3) is 0 Å². The van der Waals surface area contributed by atoms with Gasteiger partial charge in [-0.3, -0.25) is 14.6 Å². The van der Waals surface area contributed by atoms with Gasteiger partial charge in [-0.1, -0.05) is 26.3 Å². The Kier molecular flexibility index (Phi) is 5.67. The minimum Gasteiger partial charge on any atom is -0.310 e. The summed E-state index contributed by atoms with van der Waals surface area (Å²) >= 11 is 0. The summed E-state index contributed by atoms with van der Waals surface area (Å²) in [5, 5.41) is 3.36. The molecule has 0 bridgehead atoms. The van der Waals surface area contributed by atoms with Crippen LogP contribution in [0.1, 0.15) is 58.1 Å². The lowest BCUT2D eigenvalue weighted by Crippen LogP contribution is -2.49. The quantitative estimate of drug-likeness (QED) is 0.683. The molecule has 0 spiro atoms. The SMILES string of the molecule is CC1(C)CN(C(=O)[C@@H]2CCCCN2)c2cc(N3C(=O)N(Cc4ccncc4)C(C)(C)C3=O)ccc21. The van der Waals surface area contributed by atoms with Gasteiger partial charge in [0, 0.05) is 36.6 Å². The van der Waals surface area contributed by atoms with Crippen molar-refractivity contribution < 1.29 is 14.4 Å². The fourth-order valence-electron chi connectivity index (χ4n) is 5.47. The van der Waals surface area contributed by atoms with Crippen molar-refractivity contribution in [3.8, 4) is 0 Å². The molecule has 3 aliphatic rings. The lowest BCUT2D eigenvalue weighted by molar-refractivity contribution is -0.123. The zero-order valence-electron chi connectivity index (χ0n) is 20.9. The van der Waals surface area contributed by atoms with E-state index in [1.165, 1.54) is 4.90 Å². The molecule has 8 nitrogen and oxygen atoms in total. The maximum absolute atomic E-state index is 13.6. The van der Waals surface area contributed by atoms with Crippen LogP contribution in [0.15, 0.2) is 42.7 Å². The van der Waals surface area contributed by atoms with Gasteiger partial charge in [0.1, 0.15) is 5.54 Å². The Labute approximate surface area is 206 Å². The highest BCUT2D eigenvalue weighted by Crippen LogP contribution is 2.44. The largest absolute Gasteiger partial charge is 0.332 e. The van der Waals surface area contributed by atoms with E-state index in [1.807, 2.05) is 35.2 Å². The third kappa shape index (κ3) is 3.89. The molecule has 8 heteroatoms. The molecule has 5 rings (SSSR count). The van der Waals surface area contributed by atoms with Crippen molar-refractivity contribution in [1.82, 2.24) is 15.2 Å². The topological polar surface area (TPSA) is 85.8 Å². The zero-order valence-corrected chi connectivity index (χ0v) is 20.9. The second-order valence-corrected chi connectivity index (χ2v) is 10.9. The van der Waals surface area contributed by atoms with Gasteiger partial charge in [-0.25, -0.2) is 9.69 Å². The normalized spacial score (nSPS) is 23.1. The number of amides is 4. The second-order valence-electron chi connectivity index (χ2n) is 10.9. The molecule has 4 heterocycles. The van der Waals surface area contributed by atoms with E-state index in [4.69, 9.17) is 0 Å². The Morgan fingerprint density at radius 2 is 1.83 bits per heavy atom. The molecule has 2 saturated heterocycles. The molecular weight excluding hydrogens is 442 g/mol. The zero-order chi connectivity index (χ0) is 25.0. The van der Waals surface area contributed by atoms with Gasteiger partial charge in [0.2, 0.25) is 5.91 Å². The number of hydrogen-bond acceptors (Lipinski definition) is 5. The predicted molar refractivity (Wildman–Crippen MR) is 134 cm³/mol. The first-order valence-corrected chi connectivity index (χ1v) is 12.4. The maximum atomic E-state index is 13.6. The van der Waals surface area contributed by atoms with Crippen LogP contribution in [-0.4, -0.2) is 52.4 Å². The fourth-order valence-corrected chi connectivity index (χ4v) is 5.47. The van der Waals surface area contributed by atoms with E-state index in [2.05, 4.69) is 24.1 Å². The minimum atomic E-state index is -1.000. The summed E-state index contributed by atoms with van der Waals surface area (Å²) in [5.74, 6) is -0.215. The van der Waals surface area contributed by atoms with Gasteiger partial charge in [0.05, 0.1) is 11.7 Å². The van der Waals surface area contributed by atoms with E-state index < -0.39 is 5.54 Å². The third-order valence-electron chi connectivity index (χ3n) is 7.60. The van der Waals surface area contributed by atoms with Crippen molar-refractivity contribution >= 4 is 29.2 Å². The number of carbonyl (C=O) groups excluding carboxylic acids is 3. The summed E-state index contributed by atoms with van der Waals surface area (Å²) in [6, 6.07) is 8.76. The predicted octanol–water partition coefficient (Wildman–Crippen LogP) is 3.60. The smallest absolute Gasteiger partial charge is 0.310 e. The van der Waals surface area contributed by atoms with Gasteiger partial charge in [-0.2, -0.15) is 0 Å². The Balaban J connectivity index is 1.48. The van der Waals surface area contributed by atoms with E-state index >= 15 is 0 Å². The van der Waals surface area contributed by atoms with E-state index in [0.717, 1.165) is 42.6 Å². The standard InChI is InChI=1S/C27H33N5O3/c1-26(2)17-30(23(33)21-7-5-6-12-29-21)22-15-19(8-9-20(22)26)32-24(34)27(3,4)31(25(32)35)16-18-10-13-28-14-11-18/h8-11,13-15,21,29H,5-7,12,16-17H2,1-4H3/t21-/m0/s1. The first-order valence-electron chi connectivity index (χ1n) is 12.4. The van der Waals surface area contributed by atoms with Gasteiger partial charge < -0.3 is 15.1 Å². The maximum Gasteiger partial charge on any atom is 0.332 e. The number of fused-ring (bicyclic) bond motifs is 1. The third-order valence-corrected chi connectivity index (χ3v) is 7.60. The minimum absolute atomic E-state index is 0.0624. The molecule has 3 aliphatic heterocycles. The molecule has 1 aromatic heterocycles. The summed E-state index contributed by atoms with van der Waals surface area (Å²) in [4.78, 5) is 49.2. The van der Waals surface area contributed by atoms with Crippen LogP contribution in [0.2, 0.25) is 0 Å². The molecular formula is C27H33N5O3. The molecule has 0 saturated carbocycles. The monoisotopic (exact) mass is 475 g/mol. The van der Waals surface area contributed by atoms with Crippen molar-refractivity contribution in [1.29, 1.82) is 0 Å². The molecule has 0 unspecified atom stereocenters. The molecule has 0 radical (unpaired) electrons. The summed E-state index contributed by atoms with van der Waals surface area (Å²) in [5.41, 5.74) is 2.03. The number of benzene rings is 1. The number of aromatic nitrogens is 1. The van der Waals surface area contributed by atoms with Crippen molar-refractivity contribution in [3.63, 3.8) is 0 Å². The molecule has 1 aromatic carbocycles. The average molecular weight is 476 g/mol. The van der Waals surface area contributed by atoms with E-state index in [9.17, 15) is 14.4 Å². The number of nitrogens with zero attached hydrogens (tertiary/aromatic N) is 4. The van der Waals surface area contributed by atoms with Crippen LogP contribution in [0.5, 0.6) is 0 Å². The average Bonchev–Trinajstić information content (AvgIpc) is 3.21. The van der Waals surface area contributed by atoms with Crippen LogP contribution in [0.4, 0.5) is 16.2 Å². The number of anilines is 2. The van der Waals surface area contributed by atoms with E-state index in [1.54, 1.807) is 31.1 Å². The molecule has 2 fully saturated rings. The number of piperidine rings is 1. The highest BCUT2D eigenvalue weighted by atomic mass is 16.2. The number of urea groups is 1. The Hall–Kier alpha value is -3.26. The molecule has 1 N–H and O–H groups in total. The van der Waals surface area contributed by atoms with Crippen molar-refractivity contribution in [3.05, 3.63) is 53.9 Å². The summed E-state index contributed by atoms with van der Waals surface area (Å²) < 4.78 is 0. The highest BCUT2D eigenvalue weighted by Gasteiger charge is 2.52. The van der Waals surface area contributed by atoms with Gasteiger partial charge >= 0.3 is 6.03 Å². The van der Waals surface area contributed by atoms with Gasteiger partial charge in [-0.05, 0) is 68.6 Å². The number of pyridine rings is 1. The van der Waals surface area contributed by atoms with Crippen LogP contribution >= 0.6 is 0 Å². The number of nitrogens with one attached hydrogen (secondary N) is 1. The van der Waals surface area contributed by atoms with Crippen LogP contribution in [0, 0.1) is 0 Å². The van der Waals surface area contributed by atoms with Crippen LogP contribution in [-0.2, 0) is 21.5 Å². The Bertz CT molecular complexity index is 1170. The number of hydrogen-bond donors (Lipinski definition) is 1. The van der Waals surface area contributed by atoms with Crippen LogP contribution in [0.3, 0.4) is 0 Å². The molecule has 1 atom stereocenters. The lowest BCUT2D eigenvalue weighted by Gasteiger charge is -2.29. The summed E-state index contributed by atoms with van der Waals surface area (Å²) in [6.45, 7) is 9.53.